The summed E-state index contributed by atoms with van der Waals surface area (Å²) in [5.74, 6) is -0.117. The zero-order valence-corrected chi connectivity index (χ0v) is 15.1. The highest BCUT2D eigenvalue weighted by Gasteiger charge is 2.31. The summed E-state index contributed by atoms with van der Waals surface area (Å²) < 4.78 is 5.22. The van der Waals surface area contributed by atoms with E-state index in [2.05, 4.69) is 0 Å². The number of aliphatic hydroxyl groups is 1. The van der Waals surface area contributed by atoms with E-state index in [0.29, 0.717) is 24.3 Å². The van der Waals surface area contributed by atoms with Crippen LogP contribution in [0.15, 0.2) is 54.6 Å². The number of aliphatic hydroxyl groups excluding tert-OH is 1. The van der Waals surface area contributed by atoms with Crippen LogP contribution in [0.2, 0.25) is 0 Å². The molecule has 1 aliphatic rings. The first-order valence-corrected chi connectivity index (χ1v) is 9.09. The molecule has 6 heteroatoms. The molecule has 1 saturated heterocycles. The lowest BCUT2D eigenvalue weighted by molar-refractivity contribution is -0.119. The van der Waals surface area contributed by atoms with E-state index in [4.69, 9.17) is 10.5 Å². The molecule has 142 valence electrons. The smallest absolute Gasteiger partial charge is 0.255 e. The molecule has 2 aromatic carbocycles. The molecule has 2 aromatic rings. The van der Waals surface area contributed by atoms with Gasteiger partial charge in [0, 0.05) is 18.2 Å². The van der Waals surface area contributed by atoms with E-state index in [0.717, 1.165) is 18.4 Å². The van der Waals surface area contributed by atoms with Gasteiger partial charge in [0.15, 0.2) is 6.61 Å². The molecule has 0 radical (unpaired) electrons. The number of likely N-dealkylation sites (tertiary alicyclic amines) is 1. The number of nitrogens with two attached hydrogens (primary N) is 1. The number of carbonyl (C=O) groups excluding carboxylic acids is 2. The fourth-order valence-electron chi connectivity index (χ4n) is 3.43. The average Bonchev–Trinajstić information content (AvgIpc) is 3.15. The van der Waals surface area contributed by atoms with Gasteiger partial charge in [0.05, 0.1) is 6.10 Å². The molecule has 1 heterocycles. The van der Waals surface area contributed by atoms with Gasteiger partial charge in [-0.05, 0) is 49.1 Å². The van der Waals surface area contributed by atoms with E-state index in [1.165, 1.54) is 0 Å². The molecule has 0 saturated carbocycles. The Hall–Kier alpha value is -2.86. The van der Waals surface area contributed by atoms with Crippen molar-refractivity contribution in [1.82, 2.24) is 4.90 Å². The minimum Gasteiger partial charge on any atom is -0.484 e. The Morgan fingerprint density at radius 1 is 1.15 bits per heavy atom. The molecule has 3 N–H and O–H groups in total. The number of benzene rings is 2. The van der Waals surface area contributed by atoms with Gasteiger partial charge in [0.2, 0.25) is 0 Å². The van der Waals surface area contributed by atoms with Crippen LogP contribution >= 0.6 is 0 Å². The van der Waals surface area contributed by atoms with Crippen molar-refractivity contribution in [3.8, 4) is 5.75 Å². The second-order valence-corrected chi connectivity index (χ2v) is 6.74. The Morgan fingerprint density at radius 2 is 1.85 bits per heavy atom. The van der Waals surface area contributed by atoms with Crippen molar-refractivity contribution >= 4 is 11.8 Å². The molecule has 1 fully saturated rings. The third-order valence-corrected chi connectivity index (χ3v) is 4.80. The Bertz CT molecular complexity index is 777. The van der Waals surface area contributed by atoms with Crippen LogP contribution in [-0.2, 0) is 4.79 Å². The van der Waals surface area contributed by atoms with E-state index in [1.807, 2.05) is 35.2 Å². The number of ether oxygens (including phenoxy) is 1. The first-order chi connectivity index (χ1) is 13.0. The van der Waals surface area contributed by atoms with E-state index < -0.39 is 12.0 Å². The Morgan fingerprint density at radius 3 is 2.52 bits per heavy atom. The quantitative estimate of drug-likeness (QED) is 0.784. The molecule has 6 nitrogen and oxygen atoms in total. The van der Waals surface area contributed by atoms with Crippen LogP contribution in [-0.4, -0.2) is 41.0 Å². The minimum atomic E-state index is -0.589. The van der Waals surface area contributed by atoms with Gasteiger partial charge in [0.1, 0.15) is 5.75 Å². The van der Waals surface area contributed by atoms with Gasteiger partial charge >= 0.3 is 0 Å². The highest BCUT2D eigenvalue weighted by atomic mass is 16.5. The molecule has 2 unspecified atom stereocenters. The summed E-state index contributed by atoms with van der Waals surface area (Å²) in [5.41, 5.74) is 6.48. The average molecular weight is 368 g/mol. The van der Waals surface area contributed by atoms with Crippen LogP contribution in [0.4, 0.5) is 0 Å². The molecular weight excluding hydrogens is 344 g/mol. The largest absolute Gasteiger partial charge is 0.484 e. The highest BCUT2D eigenvalue weighted by Crippen LogP contribution is 2.29. The van der Waals surface area contributed by atoms with Crippen LogP contribution in [0, 0.1) is 0 Å². The van der Waals surface area contributed by atoms with Crippen molar-refractivity contribution in [2.24, 2.45) is 5.73 Å². The first kappa shape index (κ1) is 18.9. The van der Waals surface area contributed by atoms with Gasteiger partial charge in [-0.15, -0.1) is 0 Å². The minimum absolute atomic E-state index is 0.0125. The lowest BCUT2D eigenvalue weighted by Crippen LogP contribution is -2.36. The van der Waals surface area contributed by atoms with E-state index in [1.54, 1.807) is 24.3 Å². The summed E-state index contributed by atoms with van der Waals surface area (Å²) in [6.45, 7) is 0.490. The number of hydrogen-bond donors (Lipinski definition) is 2. The predicted octanol–water partition coefficient (Wildman–Crippen LogP) is 2.28. The zero-order chi connectivity index (χ0) is 19.2. The van der Waals surface area contributed by atoms with Crippen LogP contribution in [0.25, 0.3) is 0 Å². The topological polar surface area (TPSA) is 92.9 Å². The van der Waals surface area contributed by atoms with Crippen LogP contribution < -0.4 is 10.5 Å². The lowest BCUT2D eigenvalue weighted by atomic mass is 10.00. The number of nitrogens with zero attached hydrogens (tertiary/aromatic N) is 1. The molecular formula is C21H24N2O4. The number of amides is 2. The monoisotopic (exact) mass is 368 g/mol. The fraction of sp³-hybridized carbons (Fsp3) is 0.333. The van der Waals surface area contributed by atoms with Crippen molar-refractivity contribution in [2.45, 2.75) is 31.4 Å². The van der Waals surface area contributed by atoms with Crippen molar-refractivity contribution in [3.63, 3.8) is 0 Å². The SMILES string of the molecule is NC(=O)COc1ccc(C(=O)N2CCCC2CC(O)c2ccccc2)cc1. The maximum absolute atomic E-state index is 12.9. The molecule has 27 heavy (non-hydrogen) atoms. The number of primary amides is 1. The van der Waals surface area contributed by atoms with Gasteiger partial charge in [-0.3, -0.25) is 9.59 Å². The molecule has 0 aromatic heterocycles. The maximum Gasteiger partial charge on any atom is 0.255 e. The van der Waals surface area contributed by atoms with Crippen molar-refractivity contribution < 1.29 is 19.4 Å². The predicted molar refractivity (Wildman–Crippen MR) is 101 cm³/mol. The molecule has 2 amide bonds. The Balaban J connectivity index is 1.63. The Kier molecular flexibility index (Phi) is 6.08. The fourth-order valence-corrected chi connectivity index (χ4v) is 3.43. The number of rotatable bonds is 7. The molecule has 0 spiro atoms. The normalized spacial score (nSPS) is 17.5. The van der Waals surface area contributed by atoms with E-state index >= 15 is 0 Å². The summed E-state index contributed by atoms with van der Waals surface area (Å²) in [4.78, 5) is 25.5. The summed E-state index contributed by atoms with van der Waals surface area (Å²) in [6, 6.07) is 16.2. The third kappa shape index (κ3) is 4.86. The van der Waals surface area contributed by atoms with Crippen molar-refractivity contribution in [2.75, 3.05) is 13.2 Å². The molecule has 3 rings (SSSR count). The lowest BCUT2D eigenvalue weighted by Gasteiger charge is -2.27. The molecule has 0 bridgehead atoms. The van der Waals surface area contributed by atoms with Gasteiger partial charge in [-0.1, -0.05) is 30.3 Å². The summed E-state index contributed by atoms with van der Waals surface area (Å²) >= 11 is 0. The van der Waals surface area contributed by atoms with Crippen LogP contribution in [0.1, 0.15) is 41.3 Å². The third-order valence-electron chi connectivity index (χ3n) is 4.80. The zero-order valence-electron chi connectivity index (χ0n) is 15.1. The Labute approximate surface area is 158 Å². The molecule has 1 aliphatic heterocycles. The van der Waals surface area contributed by atoms with Gasteiger partial charge < -0.3 is 20.5 Å². The number of carbonyl (C=O) groups is 2. The first-order valence-electron chi connectivity index (χ1n) is 9.09. The standard InChI is InChI=1S/C21H24N2O4/c22-20(25)14-27-18-10-8-16(9-11-18)21(26)23-12-4-7-17(23)13-19(24)15-5-2-1-3-6-15/h1-3,5-6,8-11,17,19,24H,4,7,12-14H2,(H2,22,25). The summed E-state index contributed by atoms with van der Waals surface area (Å²) in [6.07, 6.45) is 1.75. The summed E-state index contributed by atoms with van der Waals surface area (Å²) in [5, 5.41) is 10.5. The van der Waals surface area contributed by atoms with E-state index in [9.17, 15) is 14.7 Å². The summed E-state index contributed by atoms with van der Waals surface area (Å²) in [7, 11) is 0. The molecule has 0 aliphatic carbocycles. The van der Waals surface area contributed by atoms with Crippen LogP contribution in [0.5, 0.6) is 5.75 Å². The highest BCUT2D eigenvalue weighted by molar-refractivity contribution is 5.94. The maximum atomic E-state index is 12.9. The van der Waals surface area contributed by atoms with E-state index in [-0.39, 0.29) is 18.6 Å². The molecule has 2 atom stereocenters. The second kappa shape index (κ2) is 8.68. The number of hydrogen-bond acceptors (Lipinski definition) is 4. The van der Waals surface area contributed by atoms with Gasteiger partial charge in [-0.25, -0.2) is 0 Å². The second-order valence-electron chi connectivity index (χ2n) is 6.74. The van der Waals surface area contributed by atoms with Gasteiger partial charge in [-0.2, -0.15) is 0 Å². The van der Waals surface area contributed by atoms with Crippen molar-refractivity contribution in [1.29, 1.82) is 0 Å². The van der Waals surface area contributed by atoms with Crippen molar-refractivity contribution in [3.05, 3.63) is 65.7 Å². The van der Waals surface area contributed by atoms with Gasteiger partial charge in [0.25, 0.3) is 11.8 Å². The van der Waals surface area contributed by atoms with Crippen LogP contribution in [0.3, 0.4) is 0 Å².